The van der Waals surface area contributed by atoms with Gasteiger partial charge in [-0.05, 0) is 38.1 Å². The molecule has 0 saturated carbocycles. The maximum Gasteiger partial charge on any atom is 0.224 e. The first-order chi connectivity index (χ1) is 11.0. The molecule has 1 aliphatic rings. The minimum absolute atomic E-state index is 0. The standard InChI is InChI=1S/C17H21ClN4O.ClH/c1-11-16(7-17(23)20-10-13-8-19-9-13)12(2)22(21-11)15-5-3-14(18)4-6-15;/h3-6,13,19H,7-10H2,1-2H3,(H,20,23);1H. The highest BCUT2D eigenvalue weighted by Gasteiger charge is 2.19. The zero-order chi connectivity index (χ0) is 16.4. The monoisotopic (exact) mass is 368 g/mol. The normalized spacial score (nSPS) is 14.0. The van der Waals surface area contributed by atoms with Crippen LogP contribution in [-0.2, 0) is 11.2 Å². The fraction of sp³-hybridized carbons (Fsp3) is 0.412. The van der Waals surface area contributed by atoms with E-state index in [1.165, 1.54) is 0 Å². The molecular formula is C17H22Cl2N4O. The van der Waals surface area contributed by atoms with E-state index in [1.807, 2.05) is 42.8 Å². The average Bonchev–Trinajstić information content (AvgIpc) is 2.75. The van der Waals surface area contributed by atoms with E-state index in [0.717, 1.165) is 42.3 Å². The van der Waals surface area contributed by atoms with Crippen molar-refractivity contribution < 1.29 is 4.79 Å². The number of nitrogens with zero attached hydrogens (tertiary/aromatic N) is 2. The third kappa shape index (κ3) is 4.09. The molecule has 7 heteroatoms. The van der Waals surface area contributed by atoms with Crippen LogP contribution in [0.5, 0.6) is 0 Å². The molecule has 0 radical (unpaired) electrons. The van der Waals surface area contributed by atoms with Crippen LogP contribution >= 0.6 is 24.0 Å². The van der Waals surface area contributed by atoms with E-state index in [4.69, 9.17) is 11.6 Å². The van der Waals surface area contributed by atoms with Gasteiger partial charge < -0.3 is 10.6 Å². The van der Waals surface area contributed by atoms with Crippen LogP contribution in [0.25, 0.3) is 5.69 Å². The Morgan fingerprint density at radius 2 is 2.00 bits per heavy atom. The summed E-state index contributed by atoms with van der Waals surface area (Å²) in [5, 5.41) is 11.5. The maximum atomic E-state index is 12.2. The molecule has 3 rings (SSSR count). The molecule has 24 heavy (non-hydrogen) atoms. The van der Waals surface area contributed by atoms with Gasteiger partial charge in [0.05, 0.1) is 17.8 Å². The van der Waals surface area contributed by atoms with E-state index >= 15 is 0 Å². The molecule has 2 aromatic rings. The van der Waals surface area contributed by atoms with Gasteiger partial charge in [0.1, 0.15) is 0 Å². The second kappa shape index (κ2) is 8.01. The number of hydrogen-bond acceptors (Lipinski definition) is 3. The van der Waals surface area contributed by atoms with E-state index in [1.54, 1.807) is 0 Å². The lowest BCUT2D eigenvalue weighted by Gasteiger charge is -2.27. The summed E-state index contributed by atoms with van der Waals surface area (Å²) in [5.74, 6) is 0.622. The van der Waals surface area contributed by atoms with Gasteiger partial charge in [-0.15, -0.1) is 12.4 Å². The molecule has 0 aliphatic carbocycles. The quantitative estimate of drug-likeness (QED) is 0.851. The Morgan fingerprint density at radius 3 is 2.58 bits per heavy atom. The molecule has 130 valence electrons. The first-order valence-corrected chi connectivity index (χ1v) is 8.21. The second-order valence-corrected chi connectivity index (χ2v) is 6.48. The first-order valence-electron chi connectivity index (χ1n) is 7.83. The summed E-state index contributed by atoms with van der Waals surface area (Å²) < 4.78 is 1.87. The van der Waals surface area contributed by atoms with Crippen molar-refractivity contribution in [1.29, 1.82) is 0 Å². The highest BCUT2D eigenvalue weighted by molar-refractivity contribution is 6.30. The van der Waals surface area contributed by atoms with Gasteiger partial charge in [0.2, 0.25) is 5.91 Å². The van der Waals surface area contributed by atoms with Gasteiger partial charge in [-0.3, -0.25) is 4.79 Å². The third-order valence-corrected chi connectivity index (χ3v) is 4.56. The minimum Gasteiger partial charge on any atom is -0.355 e. The van der Waals surface area contributed by atoms with Crippen molar-refractivity contribution in [1.82, 2.24) is 20.4 Å². The van der Waals surface area contributed by atoms with Crippen molar-refractivity contribution in [3.63, 3.8) is 0 Å². The van der Waals surface area contributed by atoms with Gasteiger partial charge in [-0.2, -0.15) is 5.10 Å². The van der Waals surface area contributed by atoms with Crippen molar-refractivity contribution in [2.75, 3.05) is 19.6 Å². The van der Waals surface area contributed by atoms with Crippen molar-refractivity contribution in [3.05, 3.63) is 46.2 Å². The van der Waals surface area contributed by atoms with Gasteiger partial charge >= 0.3 is 0 Å². The molecule has 1 amide bonds. The van der Waals surface area contributed by atoms with E-state index in [2.05, 4.69) is 15.7 Å². The highest BCUT2D eigenvalue weighted by Crippen LogP contribution is 2.20. The number of aryl methyl sites for hydroxylation is 1. The van der Waals surface area contributed by atoms with Gasteiger partial charge in [0.25, 0.3) is 0 Å². The van der Waals surface area contributed by atoms with Crippen molar-refractivity contribution >= 4 is 29.9 Å². The van der Waals surface area contributed by atoms with Crippen LogP contribution in [0.2, 0.25) is 5.02 Å². The zero-order valence-corrected chi connectivity index (χ0v) is 15.4. The average molecular weight is 369 g/mol. The fourth-order valence-corrected chi connectivity index (χ4v) is 2.86. The Morgan fingerprint density at radius 1 is 1.33 bits per heavy atom. The van der Waals surface area contributed by atoms with E-state index < -0.39 is 0 Å². The summed E-state index contributed by atoms with van der Waals surface area (Å²) >= 11 is 5.93. The van der Waals surface area contributed by atoms with Crippen LogP contribution in [-0.4, -0.2) is 35.3 Å². The molecule has 1 saturated heterocycles. The number of carbonyl (C=O) groups is 1. The summed E-state index contributed by atoms with van der Waals surface area (Å²) in [6.07, 6.45) is 0.366. The zero-order valence-electron chi connectivity index (χ0n) is 13.8. The SMILES string of the molecule is Cc1nn(-c2ccc(Cl)cc2)c(C)c1CC(=O)NCC1CNC1.Cl. The largest absolute Gasteiger partial charge is 0.355 e. The minimum atomic E-state index is 0. The molecule has 0 atom stereocenters. The summed E-state index contributed by atoms with van der Waals surface area (Å²) in [4.78, 5) is 12.2. The molecule has 1 fully saturated rings. The molecule has 1 aliphatic heterocycles. The lowest BCUT2D eigenvalue weighted by Crippen LogP contribution is -2.48. The molecule has 1 aromatic carbocycles. The summed E-state index contributed by atoms with van der Waals surface area (Å²) in [7, 11) is 0. The van der Waals surface area contributed by atoms with Crippen LogP contribution < -0.4 is 10.6 Å². The van der Waals surface area contributed by atoms with Gasteiger partial charge in [0.15, 0.2) is 0 Å². The van der Waals surface area contributed by atoms with Crippen LogP contribution in [0.4, 0.5) is 0 Å². The lowest BCUT2D eigenvalue weighted by atomic mass is 10.0. The number of nitrogens with one attached hydrogen (secondary N) is 2. The Labute approximate surface area is 153 Å². The lowest BCUT2D eigenvalue weighted by molar-refractivity contribution is -0.120. The number of benzene rings is 1. The third-order valence-electron chi connectivity index (χ3n) is 4.30. The van der Waals surface area contributed by atoms with Crippen molar-refractivity contribution in [2.24, 2.45) is 5.92 Å². The van der Waals surface area contributed by atoms with Gasteiger partial charge in [-0.1, -0.05) is 11.6 Å². The fourth-order valence-electron chi connectivity index (χ4n) is 2.74. The molecular weight excluding hydrogens is 347 g/mol. The van der Waals surface area contributed by atoms with Gasteiger partial charge in [0, 0.05) is 41.8 Å². The predicted octanol–water partition coefficient (Wildman–Crippen LogP) is 2.44. The Kier molecular flexibility index (Phi) is 6.27. The number of carbonyl (C=O) groups excluding carboxylic acids is 1. The van der Waals surface area contributed by atoms with E-state index in [0.29, 0.717) is 17.4 Å². The number of hydrogen-bond donors (Lipinski definition) is 2. The number of aromatic nitrogens is 2. The molecule has 2 N–H and O–H groups in total. The predicted molar refractivity (Wildman–Crippen MR) is 98.4 cm³/mol. The molecule has 0 unspecified atom stereocenters. The Bertz CT molecular complexity index is 708. The van der Waals surface area contributed by atoms with Gasteiger partial charge in [-0.25, -0.2) is 4.68 Å². The van der Waals surface area contributed by atoms with Crippen molar-refractivity contribution in [2.45, 2.75) is 20.3 Å². The number of halogens is 2. The number of rotatable bonds is 5. The molecule has 5 nitrogen and oxygen atoms in total. The van der Waals surface area contributed by atoms with Crippen LogP contribution in [0.15, 0.2) is 24.3 Å². The Balaban J connectivity index is 0.00000208. The van der Waals surface area contributed by atoms with Crippen LogP contribution in [0.3, 0.4) is 0 Å². The van der Waals surface area contributed by atoms with E-state index in [-0.39, 0.29) is 18.3 Å². The molecule has 0 spiro atoms. The summed E-state index contributed by atoms with van der Waals surface area (Å²) in [6, 6.07) is 7.53. The smallest absolute Gasteiger partial charge is 0.224 e. The molecule has 2 heterocycles. The topological polar surface area (TPSA) is 59.0 Å². The molecule has 1 aromatic heterocycles. The van der Waals surface area contributed by atoms with Crippen molar-refractivity contribution in [3.8, 4) is 5.69 Å². The first kappa shape index (κ1) is 18.8. The summed E-state index contributed by atoms with van der Waals surface area (Å²) in [5.41, 5.74) is 3.81. The number of amides is 1. The second-order valence-electron chi connectivity index (χ2n) is 6.04. The maximum absolute atomic E-state index is 12.2. The Hall–Kier alpha value is -1.56. The van der Waals surface area contributed by atoms with E-state index in [9.17, 15) is 4.79 Å². The van der Waals surface area contributed by atoms with Crippen LogP contribution in [0.1, 0.15) is 17.0 Å². The summed E-state index contributed by atoms with van der Waals surface area (Å²) in [6.45, 7) is 6.67. The highest BCUT2D eigenvalue weighted by atomic mass is 35.5. The van der Waals surface area contributed by atoms with Crippen LogP contribution in [0, 0.1) is 19.8 Å². The molecule has 0 bridgehead atoms.